The Morgan fingerprint density at radius 3 is 3.15 bits per heavy atom. The van der Waals surface area contributed by atoms with Crippen LogP contribution in [0, 0.1) is 11.3 Å². The summed E-state index contributed by atoms with van der Waals surface area (Å²) < 4.78 is 2.20. The van der Waals surface area contributed by atoms with Crippen LogP contribution in [0.25, 0.3) is 0 Å². The van der Waals surface area contributed by atoms with E-state index in [1.54, 1.807) is 0 Å². The highest BCUT2D eigenvalue weighted by atomic mass is 15.1. The maximum atomic E-state index is 8.98. The van der Waals surface area contributed by atoms with E-state index in [9.17, 15) is 0 Å². The van der Waals surface area contributed by atoms with Crippen molar-refractivity contribution >= 4 is 0 Å². The lowest BCUT2D eigenvalue weighted by Gasteiger charge is -2.24. The molecule has 4 heteroatoms. The van der Waals surface area contributed by atoms with Gasteiger partial charge in [-0.05, 0) is 30.7 Å². The van der Waals surface area contributed by atoms with Gasteiger partial charge in [-0.15, -0.1) is 0 Å². The molecule has 20 heavy (non-hydrogen) atoms. The minimum atomic E-state index is 0.156. The molecule has 0 radical (unpaired) electrons. The molecule has 4 nitrogen and oxygen atoms in total. The van der Waals surface area contributed by atoms with E-state index >= 15 is 0 Å². The van der Waals surface area contributed by atoms with Gasteiger partial charge in [0.25, 0.3) is 0 Å². The Balaban J connectivity index is 1.88. The van der Waals surface area contributed by atoms with E-state index < -0.39 is 0 Å². The van der Waals surface area contributed by atoms with Crippen LogP contribution in [0.5, 0.6) is 0 Å². The Kier molecular flexibility index (Phi) is 3.29. The first-order chi connectivity index (χ1) is 9.71. The van der Waals surface area contributed by atoms with Crippen molar-refractivity contribution in [2.75, 3.05) is 13.1 Å². The van der Waals surface area contributed by atoms with Gasteiger partial charge in [0, 0.05) is 30.4 Å². The predicted molar refractivity (Wildman–Crippen MR) is 77.3 cm³/mol. The molecule has 1 fully saturated rings. The van der Waals surface area contributed by atoms with Crippen LogP contribution in [0.3, 0.4) is 0 Å². The molecule has 1 unspecified atom stereocenters. The number of nitrogens with zero attached hydrogens (tertiary/aromatic N) is 3. The molecule has 0 aliphatic carbocycles. The van der Waals surface area contributed by atoms with Crippen molar-refractivity contribution in [1.82, 2.24) is 14.9 Å². The third kappa shape index (κ3) is 2.33. The van der Waals surface area contributed by atoms with Crippen molar-refractivity contribution in [2.24, 2.45) is 0 Å². The summed E-state index contributed by atoms with van der Waals surface area (Å²) in [4.78, 5) is 4.32. The van der Waals surface area contributed by atoms with Crippen LogP contribution in [0.1, 0.15) is 30.2 Å². The van der Waals surface area contributed by atoms with Crippen LogP contribution in [-0.4, -0.2) is 22.6 Å². The van der Waals surface area contributed by atoms with Crippen LogP contribution in [-0.2, 0) is 12.0 Å². The van der Waals surface area contributed by atoms with Gasteiger partial charge < -0.3 is 9.88 Å². The number of hydrogen-bond acceptors (Lipinski definition) is 3. The summed E-state index contributed by atoms with van der Waals surface area (Å²) in [5.41, 5.74) is 3.27. The highest BCUT2D eigenvalue weighted by Crippen LogP contribution is 2.30. The second kappa shape index (κ2) is 5.10. The monoisotopic (exact) mass is 266 g/mol. The maximum absolute atomic E-state index is 8.98. The second-order valence-electron chi connectivity index (χ2n) is 5.71. The zero-order chi connectivity index (χ0) is 14.0. The summed E-state index contributed by atoms with van der Waals surface area (Å²) in [6.07, 6.45) is 5.00. The van der Waals surface area contributed by atoms with Crippen molar-refractivity contribution < 1.29 is 0 Å². The molecule has 1 aliphatic heterocycles. The topological polar surface area (TPSA) is 53.6 Å². The van der Waals surface area contributed by atoms with Gasteiger partial charge in [0.2, 0.25) is 0 Å². The molecule has 2 heterocycles. The molecule has 1 N–H and O–H groups in total. The number of benzene rings is 1. The highest BCUT2D eigenvalue weighted by Gasteiger charge is 2.33. The molecule has 0 saturated carbocycles. The lowest BCUT2D eigenvalue weighted by Crippen LogP contribution is -2.28. The van der Waals surface area contributed by atoms with Crippen LogP contribution < -0.4 is 5.32 Å². The number of nitrogens with one attached hydrogen (secondary N) is 1. The molecule has 0 bridgehead atoms. The number of imidazole rings is 1. The Morgan fingerprint density at radius 1 is 1.50 bits per heavy atom. The SMILES string of the molecule is CC1(c2cncn2Cc2cccc(C#N)c2)CCNC1. The standard InChI is InChI=1S/C16H18N4/c1-16(5-6-18-11-16)15-9-19-12-20(15)10-14-4-2-3-13(7-14)8-17/h2-4,7,9,12,18H,5-6,10-11H2,1H3. The predicted octanol–water partition coefficient (Wildman–Crippen LogP) is 2.05. The van der Waals surface area contributed by atoms with Gasteiger partial charge in [0.1, 0.15) is 0 Å². The molecule has 1 aliphatic rings. The third-order valence-electron chi connectivity index (χ3n) is 4.11. The van der Waals surface area contributed by atoms with Crippen LogP contribution in [0.2, 0.25) is 0 Å². The smallest absolute Gasteiger partial charge is 0.0991 e. The fourth-order valence-electron chi connectivity index (χ4n) is 2.92. The molecule has 2 aromatic rings. The Hall–Kier alpha value is -2.12. The number of nitriles is 1. The van der Waals surface area contributed by atoms with Crippen molar-refractivity contribution in [1.29, 1.82) is 5.26 Å². The zero-order valence-electron chi connectivity index (χ0n) is 11.6. The van der Waals surface area contributed by atoms with Crippen molar-refractivity contribution in [3.8, 4) is 6.07 Å². The highest BCUT2D eigenvalue weighted by molar-refractivity contribution is 5.33. The van der Waals surface area contributed by atoms with Crippen molar-refractivity contribution in [3.63, 3.8) is 0 Å². The number of rotatable bonds is 3. The molecule has 1 aromatic carbocycles. The minimum absolute atomic E-state index is 0.156. The Bertz CT molecular complexity index is 644. The van der Waals surface area contributed by atoms with Gasteiger partial charge in [0.15, 0.2) is 0 Å². The maximum Gasteiger partial charge on any atom is 0.0991 e. The lowest BCUT2D eigenvalue weighted by atomic mass is 9.86. The molecule has 3 rings (SSSR count). The van der Waals surface area contributed by atoms with E-state index in [1.165, 1.54) is 5.69 Å². The quantitative estimate of drug-likeness (QED) is 0.925. The summed E-state index contributed by atoms with van der Waals surface area (Å²) in [7, 11) is 0. The Morgan fingerprint density at radius 2 is 2.40 bits per heavy atom. The first-order valence-electron chi connectivity index (χ1n) is 6.92. The van der Waals surface area contributed by atoms with Crippen molar-refractivity contribution in [2.45, 2.75) is 25.3 Å². The molecular weight excluding hydrogens is 248 g/mol. The summed E-state index contributed by atoms with van der Waals surface area (Å²) >= 11 is 0. The van der Waals surface area contributed by atoms with E-state index in [1.807, 2.05) is 30.7 Å². The average Bonchev–Trinajstić information content (AvgIpc) is 3.09. The Labute approximate surface area is 119 Å². The summed E-state index contributed by atoms with van der Waals surface area (Å²) in [6.45, 7) is 5.11. The van der Waals surface area contributed by atoms with E-state index in [-0.39, 0.29) is 5.41 Å². The normalized spacial score (nSPS) is 21.8. The minimum Gasteiger partial charge on any atom is -0.330 e. The second-order valence-corrected chi connectivity index (χ2v) is 5.71. The van der Waals surface area contributed by atoms with Crippen LogP contribution in [0.4, 0.5) is 0 Å². The average molecular weight is 266 g/mol. The van der Waals surface area contributed by atoms with E-state index in [4.69, 9.17) is 5.26 Å². The molecule has 102 valence electrons. The van der Waals surface area contributed by atoms with Gasteiger partial charge >= 0.3 is 0 Å². The van der Waals surface area contributed by atoms with Gasteiger partial charge in [0.05, 0.1) is 18.0 Å². The number of aromatic nitrogens is 2. The molecule has 1 saturated heterocycles. The summed E-state index contributed by atoms with van der Waals surface area (Å²) in [6, 6.07) is 9.96. The number of hydrogen-bond donors (Lipinski definition) is 1. The van der Waals surface area contributed by atoms with E-state index in [0.717, 1.165) is 31.6 Å². The lowest BCUT2D eigenvalue weighted by molar-refractivity contribution is 0.481. The van der Waals surface area contributed by atoms with Gasteiger partial charge in [-0.2, -0.15) is 5.26 Å². The summed E-state index contributed by atoms with van der Waals surface area (Å²) in [5, 5.41) is 12.4. The molecular formula is C16H18N4. The first kappa shape index (κ1) is 12.9. The third-order valence-corrected chi connectivity index (χ3v) is 4.11. The first-order valence-corrected chi connectivity index (χ1v) is 6.92. The van der Waals surface area contributed by atoms with Gasteiger partial charge in [-0.25, -0.2) is 4.98 Å². The van der Waals surface area contributed by atoms with E-state index in [2.05, 4.69) is 33.9 Å². The van der Waals surface area contributed by atoms with Gasteiger partial charge in [-0.3, -0.25) is 0 Å². The van der Waals surface area contributed by atoms with Gasteiger partial charge in [-0.1, -0.05) is 19.1 Å². The molecule has 1 aromatic heterocycles. The fourth-order valence-corrected chi connectivity index (χ4v) is 2.92. The molecule has 0 spiro atoms. The zero-order valence-corrected chi connectivity index (χ0v) is 11.6. The van der Waals surface area contributed by atoms with Crippen molar-refractivity contribution in [3.05, 3.63) is 53.6 Å². The molecule has 0 amide bonds. The largest absolute Gasteiger partial charge is 0.330 e. The van der Waals surface area contributed by atoms with E-state index in [0.29, 0.717) is 5.56 Å². The molecule has 1 atom stereocenters. The fraction of sp³-hybridized carbons (Fsp3) is 0.375. The van der Waals surface area contributed by atoms with Crippen LogP contribution >= 0.6 is 0 Å². The summed E-state index contributed by atoms with van der Waals surface area (Å²) in [5.74, 6) is 0. The van der Waals surface area contributed by atoms with Crippen LogP contribution in [0.15, 0.2) is 36.8 Å².